The number of hydrogen-bond acceptors (Lipinski definition) is 3. The maximum Gasteiger partial charge on any atom is 0.243 e. The zero-order chi connectivity index (χ0) is 17.0. The maximum absolute atomic E-state index is 13.7. The quantitative estimate of drug-likeness (QED) is 0.912. The molecular formula is C16H17FN2O3S. The molecular weight excluding hydrogens is 319 g/mol. The van der Waals surface area contributed by atoms with Crippen molar-refractivity contribution in [2.45, 2.75) is 11.8 Å². The first-order valence-corrected chi connectivity index (χ1v) is 8.32. The Hall–Kier alpha value is -2.25. The number of hydrogen-bond donors (Lipinski definition) is 1. The van der Waals surface area contributed by atoms with E-state index in [-0.39, 0.29) is 10.6 Å². The van der Waals surface area contributed by atoms with Gasteiger partial charge in [-0.3, -0.25) is 4.79 Å². The summed E-state index contributed by atoms with van der Waals surface area (Å²) in [6, 6.07) is 12.2. The van der Waals surface area contributed by atoms with E-state index in [2.05, 4.69) is 5.32 Å². The van der Waals surface area contributed by atoms with Crippen LogP contribution in [0.15, 0.2) is 53.4 Å². The number of anilines is 1. The van der Waals surface area contributed by atoms with Gasteiger partial charge in [0.25, 0.3) is 0 Å². The van der Waals surface area contributed by atoms with Crippen molar-refractivity contribution in [1.82, 2.24) is 4.31 Å². The fourth-order valence-corrected chi connectivity index (χ4v) is 3.12. The minimum Gasteiger partial charge on any atom is -0.322 e. The fraction of sp³-hybridized carbons (Fsp3) is 0.188. The number of likely N-dealkylation sites (N-methyl/N-ethyl adjacent to an activating group) is 1. The second-order valence-electron chi connectivity index (χ2n) is 5.11. The summed E-state index contributed by atoms with van der Waals surface area (Å²) in [5, 5.41) is 2.37. The van der Waals surface area contributed by atoms with Gasteiger partial charge in [-0.15, -0.1) is 0 Å². The Morgan fingerprint density at radius 3 is 2.43 bits per heavy atom. The van der Waals surface area contributed by atoms with Crippen LogP contribution in [0.3, 0.4) is 0 Å². The number of sulfonamides is 1. The highest BCUT2D eigenvalue weighted by Gasteiger charge is 2.22. The predicted molar refractivity (Wildman–Crippen MR) is 86.0 cm³/mol. The van der Waals surface area contributed by atoms with Crippen LogP contribution in [0.1, 0.15) is 5.56 Å². The van der Waals surface area contributed by atoms with Crippen LogP contribution in [0, 0.1) is 12.7 Å². The highest BCUT2D eigenvalue weighted by Crippen LogP contribution is 2.16. The minimum absolute atomic E-state index is 0.0195. The van der Waals surface area contributed by atoms with Crippen molar-refractivity contribution in [3.8, 4) is 0 Å². The Balaban J connectivity index is 2.08. The van der Waals surface area contributed by atoms with Crippen LogP contribution < -0.4 is 5.32 Å². The standard InChI is InChI=1S/C16H17FN2O3S/c1-12-8-9-15(14(17)10-12)18-16(20)11-19(2)23(21,22)13-6-4-3-5-7-13/h3-10H,11H2,1-2H3,(H,18,20). The molecule has 122 valence electrons. The average Bonchev–Trinajstić information content (AvgIpc) is 2.51. The van der Waals surface area contributed by atoms with Crippen molar-refractivity contribution in [2.24, 2.45) is 0 Å². The van der Waals surface area contributed by atoms with E-state index in [1.54, 1.807) is 31.2 Å². The molecule has 0 aliphatic rings. The number of benzene rings is 2. The van der Waals surface area contributed by atoms with Gasteiger partial charge in [0.2, 0.25) is 15.9 Å². The van der Waals surface area contributed by atoms with Gasteiger partial charge in [0.1, 0.15) is 5.82 Å². The van der Waals surface area contributed by atoms with E-state index in [1.165, 1.54) is 31.3 Å². The lowest BCUT2D eigenvalue weighted by atomic mass is 10.2. The average molecular weight is 336 g/mol. The van der Waals surface area contributed by atoms with Crippen molar-refractivity contribution >= 4 is 21.6 Å². The molecule has 0 unspecified atom stereocenters. The Morgan fingerprint density at radius 1 is 1.17 bits per heavy atom. The second kappa shape index (κ2) is 6.89. The molecule has 0 saturated heterocycles. The second-order valence-corrected chi connectivity index (χ2v) is 7.15. The fourth-order valence-electron chi connectivity index (χ4n) is 1.97. The van der Waals surface area contributed by atoms with E-state index in [4.69, 9.17) is 0 Å². The zero-order valence-electron chi connectivity index (χ0n) is 12.8. The summed E-state index contributed by atoms with van der Waals surface area (Å²) in [6.07, 6.45) is 0. The number of amides is 1. The lowest BCUT2D eigenvalue weighted by Crippen LogP contribution is -2.35. The Labute approximate surface area is 134 Å². The molecule has 23 heavy (non-hydrogen) atoms. The van der Waals surface area contributed by atoms with Gasteiger partial charge in [0, 0.05) is 7.05 Å². The largest absolute Gasteiger partial charge is 0.322 e. The molecule has 0 radical (unpaired) electrons. The Kier molecular flexibility index (Phi) is 5.12. The smallest absolute Gasteiger partial charge is 0.243 e. The van der Waals surface area contributed by atoms with Crippen LogP contribution in [0.2, 0.25) is 0 Å². The van der Waals surface area contributed by atoms with E-state index in [9.17, 15) is 17.6 Å². The monoisotopic (exact) mass is 336 g/mol. The highest BCUT2D eigenvalue weighted by atomic mass is 32.2. The molecule has 0 saturated carbocycles. The number of rotatable bonds is 5. The van der Waals surface area contributed by atoms with Crippen molar-refractivity contribution in [3.05, 3.63) is 59.9 Å². The molecule has 0 bridgehead atoms. The first-order chi connectivity index (χ1) is 10.8. The normalized spacial score (nSPS) is 11.5. The number of aryl methyl sites for hydroxylation is 1. The molecule has 2 aromatic carbocycles. The van der Waals surface area contributed by atoms with Gasteiger partial charge in [-0.2, -0.15) is 4.31 Å². The predicted octanol–water partition coefficient (Wildman–Crippen LogP) is 2.39. The molecule has 7 heteroatoms. The molecule has 0 fully saturated rings. The highest BCUT2D eigenvalue weighted by molar-refractivity contribution is 7.89. The first-order valence-electron chi connectivity index (χ1n) is 6.88. The summed E-state index contributed by atoms with van der Waals surface area (Å²) >= 11 is 0. The maximum atomic E-state index is 13.7. The summed E-state index contributed by atoms with van der Waals surface area (Å²) in [6.45, 7) is 1.32. The third-order valence-corrected chi connectivity index (χ3v) is 5.03. The van der Waals surface area contributed by atoms with Gasteiger partial charge in [0.15, 0.2) is 0 Å². The molecule has 0 atom stereocenters. The lowest BCUT2D eigenvalue weighted by molar-refractivity contribution is -0.116. The van der Waals surface area contributed by atoms with Gasteiger partial charge in [0.05, 0.1) is 17.1 Å². The molecule has 1 N–H and O–H groups in total. The number of carbonyl (C=O) groups excluding carboxylic acids is 1. The van der Waals surface area contributed by atoms with E-state index in [1.807, 2.05) is 0 Å². The Morgan fingerprint density at radius 2 is 1.83 bits per heavy atom. The molecule has 0 heterocycles. The molecule has 1 amide bonds. The molecule has 0 aliphatic carbocycles. The van der Waals surface area contributed by atoms with E-state index in [0.29, 0.717) is 0 Å². The van der Waals surface area contributed by atoms with Crippen LogP contribution in [0.5, 0.6) is 0 Å². The van der Waals surface area contributed by atoms with E-state index >= 15 is 0 Å². The Bertz CT molecular complexity index is 807. The van der Waals surface area contributed by atoms with Gasteiger partial charge in [-0.25, -0.2) is 12.8 Å². The van der Waals surface area contributed by atoms with Crippen LogP contribution in [-0.4, -0.2) is 32.2 Å². The molecule has 0 aliphatic heterocycles. The number of nitrogens with one attached hydrogen (secondary N) is 1. The van der Waals surface area contributed by atoms with Crippen LogP contribution >= 0.6 is 0 Å². The molecule has 5 nitrogen and oxygen atoms in total. The molecule has 2 aromatic rings. The van der Waals surface area contributed by atoms with Gasteiger partial charge >= 0.3 is 0 Å². The molecule has 0 spiro atoms. The third-order valence-electron chi connectivity index (χ3n) is 3.22. The van der Waals surface area contributed by atoms with Crippen LogP contribution in [0.25, 0.3) is 0 Å². The van der Waals surface area contributed by atoms with Gasteiger partial charge in [-0.05, 0) is 36.8 Å². The SMILES string of the molecule is Cc1ccc(NC(=O)CN(C)S(=O)(=O)c2ccccc2)c(F)c1. The molecule has 2 rings (SSSR count). The molecule has 0 aromatic heterocycles. The summed E-state index contributed by atoms with van der Waals surface area (Å²) in [5.74, 6) is -1.18. The van der Waals surface area contributed by atoms with Crippen molar-refractivity contribution in [3.63, 3.8) is 0 Å². The summed E-state index contributed by atoms with van der Waals surface area (Å²) in [7, 11) is -2.47. The lowest BCUT2D eigenvalue weighted by Gasteiger charge is -2.17. The van der Waals surface area contributed by atoms with Crippen LogP contribution in [-0.2, 0) is 14.8 Å². The zero-order valence-corrected chi connectivity index (χ0v) is 13.6. The van der Waals surface area contributed by atoms with Gasteiger partial charge < -0.3 is 5.32 Å². The van der Waals surface area contributed by atoms with E-state index in [0.717, 1.165) is 9.87 Å². The summed E-state index contributed by atoms with van der Waals surface area (Å²) < 4.78 is 39.2. The van der Waals surface area contributed by atoms with E-state index < -0.39 is 28.3 Å². The van der Waals surface area contributed by atoms with Gasteiger partial charge in [-0.1, -0.05) is 24.3 Å². The first kappa shape index (κ1) is 17.1. The third kappa shape index (κ3) is 4.14. The van der Waals surface area contributed by atoms with Crippen molar-refractivity contribution in [2.75, 3.05) is 18.9 Å². The summed E-state index contributed by atoms with van der Waals surface area (Å²) in [5.41, 5.74) is 0.746. The number of carbonyl (C=O) groups is 1. The van der Waals surface area contributed by atoms with Crippen molar-refractivity contribution < 1.29 is 17.6 Å². The summed E-state index contributed by atoms with van der Waals surface area (Å²) in [4.78, 5) is 12.0. The number of halogens is 1. The number of nitrogens with zero attached hydrogens (tertiary/aromatic N) is 1. The topological polar surface area (TPSA) is 66.5 Å². The van der Waals surface area contributed by atoms with Crippen molar-refractivity contribution in [1.29, 1.82) is 0 Å². The minimum atomic E-state index is -3.76. The van der Waals surface area contributed by atoms with Crippen LogP contribution in [0.4, 0.5) is 10.1 Å².